The third-order valence-corrected chi connectivity index (χ3v) is 4.21. The number of ether oxygens (including phenoxy) is 2. The largest absolute Gasteiger partial charge is 0.486 e. The Hall–Kier alpha value is -2.64. The fraction of sp³-hybridized carbons (Fsp3) is 0.474. The Morgan fingerprint density at radius 1 is 1.22 bits per heavy atom. The van der Waals surface area contributed by atoms with Gasteiger partial charge < -0.3 is 14.8 Å². The van der Waals surface area contributed by atoms with Gasteiger partial charge in [0.1, 0.15) is 13.2 Å². The zero-order valence-electron chi connectivity index (χ0n) is 15.5. The van der Waals surface area contributed by atoms with Gasteiger partial charge in [0.25, 0.3) is 12.3 Å². The maximum absolute atomic E-state index is 13.3. The Morgan fingerprint density at radius 2 is 1.93 bits per heavy atom. The SMILES string of the molecule is CC(C)Cn1cc(C(F)F)c(C(=O)N[C@H](C)c2ccc3c(c2)OCCO3)n1. The Morgan fingerprint density at radius 3 is 2.59 bits per heavy atom. The van der Waals surface area contributed by atoms with Crippen LogP contribution >= 0.6 is 0 Å². The summed E-state index contributed by atoms with van der Waals surface area (Å²) in [5.41, 5.74) is 0.186. The van der Waals surface area contributed by atoms with Crippen LogP contribution in [0, 0.1) is 5.92 Å². The van der Waals surface area contributed by atoms with Gasteiger partial charge in [-0.05, 0) is 30.5 Å². The van der Waals surface area contributed by atoms with Crippen molar-refractivity contribution in [2.45, 2.75) is 39.8 Å². The summed E-state index contributed by atoms with van der Waals surface area (Å²) in [7, 11) is 0. The summed E-state index contributed by atoms with van der Waals surface area (Å²) in [5.74, 6) is 0.850. The number of aromatic nitrogens is 2. The molecule has 1 aromatic carbocycles. The van der Waals surface area contributed by atoms with Gasteiger partial charge in [0.05, 0.1) is 11.6 Å². The molecule has 0 bridgehead atoms. The fourth-order valence-electron chi connectivity index (χ4n) is 2.92. The van der Waals surface area contributed by atoms with Gasteiger partial charge in [-0.15, -0.1) is 0 Å². The van der Waals surface area contributed by atoms with Crippen molar-refractivity contribution in [1.29, 1.82) is 0 Å². The van der Waals surface area contributed by atoms with E-state index < -0.39 is 18.4 Å². The average molecular weight is 379 g/mol. The minimum Gasteiger partial charge on any atom is -0.486 e. The van der Waals surface area contributed by atoms with Gasteiger partial charge in [0, 0.05) is 12.7 Å². The van der Waals surface area contributed by atoms with Crippen LogP contribution in [0.1, 0.15) is 54.9 Å². The third-order valence-electron chi connectivity index (χ3n) is 4.21. The second-order valence-corrected chi connectivity index (χ2v) is 6.95. The van der Waals surface area contributed by atoms with Crippen LogP contribution in [0.4, 0.5) is 8.78 Å². The Labute approximate surface area is 156 Å². The number of fused-ring (bicyclic) bond motifs is 1. The first-order chi connectivity index (χ1) is 12.8. The molecule has 1 N–H and O–H groups in total. The highest BCUT2D eigenvalue weighted by Gasteiger charge is 2.25. The molecule has 1 atom stereocenters. The van der Waals surface area contributed by atoms with Crippen molar-refractivity contribution in [2.75, 3.05) is 13.2 Å². The summed E-state index contributed by atoms with van der Waals surface area (Å²) in [6, 6.07) is 4.96. The van der Waals surface area contributed by atoms with Crippen LogP contribution in [-0.4, -0.2) is 28.9 Å². The van der Waals surface area contributed by atoms with Gasteiger partial charge in [-0.25, -0.2) is 8.78 Å². The maximum atomic E-state index is 13.3. The maximum Gasteiger partial charge on any atom is 0.272 e. The number of hydrogen-bond donors (Lipinski definition) is 1. The minimum absolute atomic E-state index is 0.225. The molecule has 146 valence electrons. The van der Waals surface area contributed by atoms with Crippen LogP contribution in [0.5, 0.6) is 11.5 Å². The van der Waals surface area contributed by atoms with E-state index in [0.29, 0.717) is 31.3 Å². The van der Waals surface area contributed by atoms with Crippen molar-refractivity contribution in [2.24, 2.45) is 5.92 Å². The van der Waals surface area contributed by atoms with E-state index in [2.05, 4.69) is 10.4 Å². The Balaban J connectivity index is 1.77. The van der Waals surface area contributed by atoms with Gasteiger partial charge in [0.15, 0.2) is 17.2 Å². The Kier molecular flexibility index (Phi) is 5.62. The van der Waals surface area contributed by atoms with Crippen molar-refractivity contribution in [3.8, 4) is 11.5 Å². The summed E-state index contributed by atoms with van der Waals surface area (Å²) in [5, 5.41) is 6.81. The van der Waals surface area contributed by atoms with E-state index in [1.807, 2.05) is 19.9 Å². The first-order valence-electron chi connectivity index (χ1n) is 8.91. The molecule has 1 aromatic heterocycles. The van der Waals surface area contributed by atoms with E-state index in [1.54, 1.807) is 19.1 Å². The van der Waals surface area contributed by atoms with E-state index >= 15 is 0 Å². The minimum atomic E-state index is -2.77. The molecule has 1 amide bonds. The molecule has 6 nitrogen and oxygen atoms in total. The zero-order valence-corrected chi connectivity index (χ0v) is 15.5. The van der Waals surface area contributed by atoms with Crippen LogP contribution in [-0.2, 0) is 6.54 Å². The highest BCUT2D eigenvalue weighted by atomic mass is 19.3. The first-order valence-corrected chi connectivity index (χ1v) is 8.91. The van der Waals surface area contributed by atoms with E-state index in [0.717, 1.165) is 5.56 Å². The highest BCUT2D eigenvalue weighted by molar-refractivity contribution is 5.94. The number of benzene rings is 1. The van der Waals surface area contributed by atoms with Crippen molar-refractivity contribution in [1.82, 2.24) is 15.1 Å². The molecule has 1 aliphatic heterocycles. The molecule has 0 aliphatic carbocycles. The molecule has 1 aliphatic rings. The van der Waals surface area contributed by atoms with Crippen LogP contribution in [0.25, 0.3) is 0 Å². The molecule has 2 heterocycles. The molecule has 8 heteroatoms. The van der Waals surface area contributed by atoms with Crippen molar-refractivity contribution < 1.29 is 23.0 Å². The fourth-order valence-corrected chi connectivity index (χ4v) is 2.92. The molecule has 0 radical (unpaired) electrons. The van der Waals surface area contributed by atoms with Gasteiger partial charge >= 0.3 is 0 Å². The number of carbonyl (C=O) groups excluding carboxylic acids is 1. The second-order valence-electron chi connectivity index (χ2n) is 6.95. The number of rotatable bonds is 6. The standard InChI is InChI=1S/C19H23F2N3O3/c1-11(2)9-24-10-14(18(20)21)17(23-24)19(25)22-12(3)13-4-5-15-16(8-13)27-7-6-26-15/h4-5,8,10-12,18H,6-7,9H2,1-3H3,(H,22,25)/t12-/m1/s1. The normalized spacial score (nSPS) is 14.5. The number of nitrogens with one attached hydrogen (secondary N) is 1. The molecule has 0 saturated heterocycles. The van der Waals surface area contributed by atoms with E-state index in [4.69, 9.17) is 9.47 Å². The summed E-state index contributed by atoms with van der Waals surface area (Å²) in [6.45, 7) is 7.10. The molecule has 0 saturated carbocycles. The quantitative estimate of drug-likeness (QED) is 0.830. The molecule has 0 unspecified atom stereocenters. The molecule has 2 aromatic rings. The van der Waals surface area contributed by atoms with Gasteiger partial charge in [-0.3, -0.25) is 9.48 Å². The van der Waals surface area contributed by atoms with Gasteiger partial charge in [0.2, 0.25) is 0 Å². The van der Waals surface area contributed by atoms with E-state index in [9.17, 15) is 13.6 Å². The summed E-state index contributed by atoms with van der Waals surface area (Å²) >= 11 is 0. The zero-order chi connectivity index (χ0) is 19.6. The lowest BCUT2D eigenvalue weighted by Gasteiger charge is -2.21. The summed E-state index contributed by atoms with van der Waals surface area (Å²) < 4.78 is 39.1. The molecule has 27 heavy (non-hydrogen) atoms. The lowest BCUT2D eigenvalue weighted by Crippen LogP contribution is -2.28. The van der Waals surface area contributed by atoms with Crippen molar-refractivity contribution in [3.05, 3.63) is 41.2 Å². The number of nitrogens with zero attached hydrogens (tertiary/aromatic N) is 2. The topological polar surface area (TPSA) is 65.4 Å². The summed E-state index contributed by atoms with van der Waals surface area (Å²) in [4.78, 5) is 12.6. The number of carbonyl (C=O) groups is 1. The third kappa shape index (κ3) is 4.37. The van der Waals surface area contributed by atoms with Crippen LogP contribution in [0.2, 0.25) is 0 Å². The van der Waals surface area contributed by atoms with E-state index in [1.165, 1.54) is 10.9 Å². The Bertz CT molecular complexity index is 821. The molecule has 3 rings (SSSR count). The average Bonchev–Trinajstić information content (AvgIpc) is 3.04. The van der Waals surface area contributed by atoms with Crippen molar-refractivity contribution >= 4 is 5.91 Å². The van der Waals surface area contributed by atoms with E-state index in [-0.39, 0.29) is 17.2 Å². The number of halogens is 2. The smallest absolute Gasteiger partial charge is 0.272 e. The number of amides is 1. The predicted octanol–water partition coefficient (Wildman–Crippen LogP) is 3.74. The molecular formula is C19H23F2N3O3. The molecular weight excluding hydrogens is 356 g/mol. The van der Waals surface area contributed by atoms with Crippen molar-refractivity contribution in [3.63, 3.8) is 0 Å². The van der Waals surface area contributed by atoms with Gasteiger partial charge in [-0.2, -0.15) is 5.10 Å². The second kappa shape index (κ2) is 7.94. The first kappa shape index (κ1) is 19.1. The molecule has 0 spiro atoms. The van der Waals surface area contributed by atoms with Crippen LogP contribution < -0.4 is 14.8 Å². The highest BCUT2D eigenvalue weighted by Crippen LogP contribution is 2.32. The number of hydrogen-bond acceptors (Lipinski definition) is 4. The summed E-state index contributed by atoms with van der Waals surface area (Å²) in [6.07, 6.45) is -1.52. The van der Waals surface area contributed by atoms with Crippen LogP contribution in [0.3, 0.4) is 0 Å². The number of alkyl halides is 2. The predicted molar refractivity (Wildman–Crippen MR) is 95.3 cm³/mol. The molecule has 0 fully saturated rings. The van der Waals surface area contributed by atoms with Crippen LogP contribution in [0.15, 0.2) is 24.4 Å². The lowest BCUT2D eigenvalue weighted by molar-refractivity contribution is 0.0920. The van der Waals surface area contributed by atoms with Gasteiger partial charge in [-0.1, -0.05) is 19.9 Å². The lowest BCUT2D eigenvalue weighted by atomic mass is 10.1. The monoisotopic (exact) mass is 379 g/mol.